The molecule has 26 heavy (non-hydrogen) atoms. The number of nitrogens with zero attached hydrogens (tertiary/aromatic N) is 4. The fourth-order valence-electron chi connectivity index (χ4n) is 4.24. The number of carbonyl (C=O) groups excluding carboxylic acids is 1. The molecule has 5 heterocycles. The van der Waals surface area contributed by atoms with Crippen LogP contribution in [-0.2, 0) is 6.54 Å². The maximum absolute atomic E-state index is 12.8. The molecular formula is C20H23N5O. The van der Waals surface area contributed by atoms with Crippen molar-refractivity contribution in [1.82, 2.24) is 19.8 Å². The fraction of sp³-hybridized carbons (Fsp3) is 0.450. The van der Waals surface area contributed by atoms with E-state index in [1.54, 1.807) is 12.3 Å². The van der Waals surface area contributed by atoms with Crippen LogP contribution >= 0.6 is 0 Å². The third-order valence-electron chi connectivity index (χ3n) is 5.56. The zero-order chi connectivity index (χ0) is 18.1. The Morgan fingerprint density at radius 1 is 1.35 bits per heavy atom. The van der Waals surface area contributed by atoms with Crippen LogP contribution < -0.4 is 0 Å². The van der Waals surface area contributed by atoms with Crippen LogP contribution in [-0.4, -0.2) is 51.4 Å². The van der Waals surface area contributed by atoms with E-state index >= 15 is 0 Å². The number of pyridine rings is 1. The number of amides is 1. The van der Waals surface area contributed by atoms with Gasteiger partial charge in [0.25, 0.3) is 5.91 Å². The van der Waals surface area contributed by atoms with Gasteiger partial charge in [0.15, 0.2) is 0 Å². The topological polar surface area (TPSA) is 76.0 Å². The van der Waals surface area contributed by atoms with Crippen molar-refractivity contribution in [1.29, 1.82) is 5.26 Å². The average molecular weight is 349 g/mol. The largest absolute Gasteiger partial charge is 0.360 e. The maximum Gasteiger partial charge on any atom is 0.272 e. The highest BCUT2D eigenvalue weighted by atomic mass is 16.2. The molecule has 1 N–H and O–H groups in total. The molecule has 6 heteroatoms. The Bertz CT molecular complexity index is 838. The molecule has 2 aromatic heterocycles. The molecule has 3 aliphatic rings. The number of nitriles is 1. The van der Waals surface area contributed by atoms with E-state index in [9.17, 15) is 4.79 Å². The zero-order valence-corrected chi connectivity index (χ0v) is 15.0. The summed E-state index contributed by atoms with van der Waals surface area (Å²) in [7, 11) is 0. The fourth-order valence-corrected chi connectivity index (χ4v) is 4.24. The second kappa shape index (κ2) is 6.93. The first-order chi connectivity index (χ1) is 12.6. The number of aromatic amines is 1. The first kappa shape index (κ1) is 16.8. The van der Waals surface area contributed by atoms with Crippen LogP contribution in [0.2, 0.25) is 0 Å². The van der Waals surface area contributed by atoms with Crippen molar-refractivity contribution in [2.45, 2.75) is 32.4 Å². The number of nitrogens with one attached hydrogen (secondary N) is 1. The number of carbonyl (C=O) groups is 1. The molecule has 2 aromatic rings. The molecular weight excluding hydrogens is 326 g/mol. The van der Waals surface area contributed by atoms with Crippen molar-refractivity contribution < 1.29 is 4.79 Å². The van der Waals surface area contributed by atoms with Gasteiger partial charge < -0.3 is 9.88 Å². The summed E-state index contributed by atoms with van der Waals surface area (Å²) in [5, 5.41) is 9.16. The van der Waals surface area contributed by atoms with Gasteiger partial charge in [0.1, 0.15) is 11.8 Å². The van der Waals surface area contributed by atoms with Gasteiger partial charge in [-0.05, 0) is 43.9 Å². The van der Waals surface area contributed by atoms with E-state index in [0.29, 0.717) is 23.2 Å². The quantitative estimate of drug-likeness (QED) is 0.923. The smallest absolute Gasteiger partial charge is 0.272 e. The SMILES string of the molecule is Cc1[nH]c(CN2C[C@H]3CC[C@@H]2CN(C(=O)c2ccccn2)C3)cc1C#N. The molecule has 2 bridgehead atoms. The maximum atomic E-state index is 12.8. The minimum Gasteiger partial charge on any atom is -0.360 e. The van der Waals surface area contributed by atoms with Crippen molar-refractivity contribution in [2.24, 2.45) is 5.92 Å². The van der Waals surface area contributed by atoms with E-state index in [1.807, 2.05) is 30.0 Å². The zero-order valence-electron chi connectivity index (χ0n) is 15.0. The van der Waals surface area contributed by atoms with Crippen molar-refractivity contribution in [3.8, 4) is 6.07 Å². The van der Waals surface area contributed by atoms with Gasteiger partial charge in [-0.15, -0.1) is 0 Å². The van der Waals surface area contributed by atoms with E-state index in [2.05, 4.69) is 20.9 Å². The molecule has 6 nitrogen and oxygen atoms in total. The molecule has 3 aliphatic heterocycles. The molecule has 0 spiro atoms. The summed E-state index contributed by atoms with van der Waals surface area (Å²) in [6.45, 7) is 5.28. The summed E-state index contributed by atoms with van der Waals surface area (Å²) >= 11 is 0. The summed E-state index contributed by atoms with van der Waals surface area (Å²) in [5.74, 6) is 0.528. The number of piperidine rings is 1. The van der Waals surface area contributed by atoms with Crippen molar-refractivity contribution in [3.63, 3.8) is 0 Å². The standard InChI is InChI=1S/C20H23N5O/c1-14-16(9-21)8-17(23-14)12-24-10-15-5-6-18(24)13-25(11-15)20(26)19-4-2-3-7-22-19/h2-4,7-8,15,18,23H,5-6,10-13H2,1H3/t15-,18-/m1/s1. The van der Waals surface area contributed by atoms with Gasteiger partial charge in [0.2, 0.25) is 0 Å². The third kappa shape index (κ3) is 3.23. The van der Waals surface area contributed by atoms with E-state index < -0.39 is 0 Å². The molecule has 0 aromatic carbocycles. The van der Waals surface area contributed by atoms with Crippen LogP contribution in [0.4, 0.5) is 0 Å². The monoisotopic (exact) mass is 349 g/mol. The summed E-state index contributed by atoms with van der Waals surface area (Å²) in [5.41, 5.74) is 3.24. The van der Waals surface area contributed by atoms with Crippen LogP contribution in [0.1, 0.15) is 40.3 Å². The van der Waals surface area contributed by atoms with Gasteiger partial charge in [-0.2, -0.15) is 5.26 Å². The Morgan fingerprint density at radius 2 is 2.23 bits per heavy atom. The van der Waals surface area contributed by atoms with E-state index in [4.69, 9.17) is 5.26 Å². The molecule has 2 atom stereocenters. The molecule has 0 radical (unpaired) electrons. The van der Waals surface area contributed by atoms with Gasteiger partial charge in [-0.25, -0.2) is 0 Å². The van der Waals surface area contributed by atoms with E-state index in [1.165, 1.54) is 6.42 Å². The summed E-state index contributed by atoms with van der Waals surface area (Å²) < 4.78 is 0. The van der Waals surface area contributed by atoms with Crippen molar-refractivity contribution >= 4 is 5.91 Å². The molecule has 5 rings (SSSR count). The van der Waals surface area contributed by atoms with Crippen molar-refractivity contribution in [2.75, 3.05) is 19.6 Å². The van der Waals surface area contributed by atoms with Gasteiger partial charge in [-0.1, -0.05) is 6.07 Å². The number of aromatic nitrogens is 2. The van der Waals surface area contributed by atoms with E-state index in [-0.39, 0.29) is 5.91 Å². The Labute approximate surface area is 153 Å². The number of hydrogen-bond donors (Lipinski definition) is 1. The van der Waals surface area contributed by atoms with Crippen LogP contribution in [0.3, 0.4) is 0 Å². The molecule has 0 aliphatic carbocycles. The highest BCUT2D eigenvalue weighted by Crippen LogP contribution is 2.30. The normalized spacial score (nSPS) is 22.8. The highest BCUT2D eigenvalue weighted by Gasteiger charge is 2.37. The number of fused-ring (bicyclic) bond motifs is 4. The summed E-state index contributed by atoms with van der Waals surface area (Å²) in [6.07, 6.45) is 3.95. The number of H-pyrrole nitrogens is 1. The first-order valence-electron chi connectivity index (χ1n) is 9.17. The first-order valence-corrected chi connectivity index (χ1v) is 9.17. The lowest BCUT2D eigenvalue weighted by Crippen LogP contribution is -2.44. The van der Waals surface area contributed by atoms with Gasteiger partial charge >= 0.3 is 0 Å². The van der Waals surface area contributed by atoms with E-state index in [0.717, 1.165) is 44.0 Å². The Hall–Kier alpha value is -2.65. The van der Waals surface area contributed by atoms with Crippen molar-refractivity contribution in [3.05, 3.63) is 53.1 Å². The number of rotatable bonds is 3. The van der Waals surface area contributed by atoms with Crippen LogP contribution in [0.5, 0.6) is 0 Å². The summed E-state index contributed by atoms with van der Waals surface area (Å²) in [6, 6.07) is 10.0. The minimum absolute atomic E-state index is 0.0341. The predicted molar refractivity (Wildman–Crippen MR) is 97.3 cm³/mol. The summed E-state index contributed by atoms with van der Waals surface area (Å²) in [4.78, 5) is 24.8. The molecule has 3 fully saturated rings. The Balaban J connectivity index is 1.49. The Kier molecular flexibility index (Phi) is 4.48. The molecule has 3 saturated heterocycles. The van der Waals surface area contributed by atoms with Crippen LogP contribution in [0, 0.1) is 24.2 Å². The molecule has 0 unspecified atom stereocenters. The van der Waals surface area contributed by atoms with Gasteiger partial charge in [0, 0.05) is 49.8 Å². The van der Waals surface area contributed by atoms with Crippen LogP contribution in [0.25, 0.3) is 0 Å². The molecule has 134 valence electrons. The molecule has 1 amide bonds. The second-order valence-corrected chi connectivity index (χ2v) is 7.40. The van der Waals surface area contributed by atoms with Gasteiger partial charge in [-0.3, -0.25) is 14.7 Å². The average Bonchev–Trinajstić information content (AvgIpc) is 2.82. The number of aryl methyl sites for hydroxylation is 1. The number of hydrogen-bond acceptors (Lipinski definition) is 4. The molecule has 0 saturated carbocycles. The second-order valence-electron chi connectivity index (χ2n) is 7.40. The predicted octanol–water partition coefficient (Wildman–Crippen LogP) is 2.33. The highest BCUT2D eigenvalue weighted by molar-refractivity contribution is 5.92. The lowest BCUT2D eigenvalue weighted by Gasteiger charge is -2.35. The van der Waals surface area contributed by atoms with Gasteiger partial charge in [0.05, 0.1) is 5.56 Å². The third-order valence-corrected chi connectivity index (χ3v) is 5.56. The lowest BCUT2D eigenvalue weighted by atomic mass is 9.95. The Morgan fingerprint density at radius 3 is 2.96 bits per heavy atom. The lowest BCUT2D eigenvalue weighted by molar-refractivity contribution is 0.0730. The minimum atomic E-state index is 0.0341. The van der Waals surface area contributed by atoms with Crippen LogP contribution in [0.15, 0.2) is 30.5 Å².